The summed E-state index contributed by atoms with van der Waals surface area (Å²) in [7, 11) is 1.64. The summed E-state index contributed by atoms with van der Waals surface area (Å²) in [6.07, 6.45) is 1.38. The number of methoxy groups -OCH3 is 1. The Kier molecular flexibility index (Phi) is 4.61. The van der Waals surface area contributed by atoms with Gasteiger partial charge in [-0.1, -0.05) is 0 Å². The summed E-state index contributed by atoms with van der Waals surface area (Å²) in [5.74, 6) is -1.42. The molecule has 0 radical (unpaired) electrons. The Morgan fingerprint density at radius 3 is 2.25 bits per heavy atom. The minimum absolute atomic E-state index is 0.173. The van der Waals surface area contributed by atoms with Gasteiger partial charge in [0.05, 0.1) is 12.5 Å². The molecule has 0 N–H and O–H groups in total. The molecular weight excluding hydrogens is 210 g/mol. The van der Waals surface area contributed by atoms with Gasteiger partial charge in [-0.25, -0.2) is 0 Å². The largest absolute Gasteiger partial charge is 0.381 e. The van der Waals surface area contributed by atoms with Crippen molar-refractivity contribution in [3.63, 3.8) is 0 Å². The molecule has 0 bridgehead atoms. The lowest BCUT2D eigenvalue weighted by molar-refractivity contribution is -0.147. The van der Waals surface area contributed by atoms with Crippen LogP contribution in [0.5, 0.6) is 0 Å². The third-order valence-corrected chi connectivity index (χ3v) is 2.71. The Bertz CT molecular complexity index is 292. The average Bonchev–Trinajstić information content (AvgIpc) is 2.27. The second-order valence-electron chi connectivity index (χ2n) is 4.03. The average molecular weight is 227 g/mol. The second kappa shape index (κ2) is 5.75. The molecule has 1 aliphatic rings. The van der Waals surface area contributed by atoms with E-state index >= 15 is 0 Å². The quantitative estimate of drug-likeness (QED) is 0.507. The van der Waals surface area contributed by atoms with Gasteiger partial charge < -0.3 is 9.64 Å². The molecular formula is C11H17NO4. The minimum Gasteiger partial charge on any atom is -0.381 e. The van der Waals surface area contributed by atoms with Crippen molar-refractivity contribution in [2.24, 2.45) is 0 Å². The lowest BCUT2D eigenvalue weighted by Crippen LogP contribution is -2.44. The summed E-state index contributed by atoms with van der Waals surface area (Å²) < 4.78 is 5.17. The molecule has 5 nitrogen and oxygen atoms in total. The van der Waals surface area contributed by atoms with Crippen LogP contribution >= 0.6 is 0 Å². The zero-order chi connectivity index (χ0) is 12.1. The molecule has 0 saturated carbocycles. The van der Waals surface area contributed by atoms with Crippen LogP contribution in [0.15, 0.2) is 0 Å². The fraction of sp³-hybridized carbons (Fsp3) is 0.727. The lowest BCUT2D eigenvalue weighted by Gasteiger charge is -2.30. The van der Waals surface area contributed by atoms with Gasteiger partial charge >= 0.3 is 0 Å². The topological polar surface area (TPSA) is 63.7 Å². The van der Waals surface area contributed by atoms with Crippen LogP contribution in [0, 0.1) is 0 Å². The number of hydrogen-bond acceptors (Lipinski definition) is 4. The first-order valence-corrected chi connectivity index (χ1v) is 5.39. The first-order chi connectivity index (χ1) is 7.54. The molecule has 0 spiro atoms. The molecule has 1 saturated heterocycles. The Labute approximate surface area is 94.7 Å². The van der Waals surface area contributed by atoms with E-state index in [4.69, 9.17) is 4.74 Å². The van der Waals surface area contributed by atoms with E-state index in [1.807, 2.05) is 0 Å². The van der Waals surface area contributed by atoms with Crippen molar-refractivity contribution in [1.29, 1.82) is 0 Å². The summed E-state index contributed by atoms with van der Waals surface area (Å²) in [5.41, 5.74) is 0. The number of ether oxygens (including phenoxy) is 1. The van der Waals surface area contributed by atoms with E-state index in [1.165, 1.54) is 11.8 Å². The Morgan fingerprint density at radius 1 is 1.25 bits per heavy atom. The normalized spacial score (nSPS) is 17.2. The van der Waals surface area contributed by atoms with Crippen LogP contribution in [0.4, 0.5) is 0 Å². The molecule has 0 aromatic carbocycles. The monoisotopic (exact) mass is 227 g/mol. The third kappa shape index (κ3) is 3.41. The first kappa shape index (κ1) is 12.8. The first-order valence-electron chi connectivity index (χ1n) is 5.39. The van der Waals surface area contributed by atoms with Crippen molar-refractivity contribution in [3.8, 4) is 0 Å². The van der Waals surface area contributed by atoms with Crippen LogP contribution in [0.3, 0.4) is 0 Å². The van der Waals surface area contributed by atoms with E-state index < -0.39 is 11.7 Å². The number of hydrogen-bond donors (Lipinski definition) is 0. The maximum atomic E-state index is 11.6. The maximum Gasteiger partial charge on any atom is 0.290 e. The zero-order valence-corrected chi connectivity index (χ0v) is 9.69. The molecule has 16 heavy (non-hydrogen) atoms. The van der Waals surface area contributed by atoms with Gasteiger partial charge in [0, 0.05) is 20.2 Å². The Hall–Kier alpha value is -1.23. The van der Waals surface area contributed by atoms with E-state index in [2.05, 4.69) is 0 Å². The van der Waals surface area contributed by atoms with Gasteiger partial charge in [0.25, 0.3) is 5.91 Å². The zero-order valence-electron chi connectivity index (χ0n) is 9.69. The van der Waals surface area contributed by atoms with Gasteiger partial charge in [-0.05, 0) is 19.8 Å². The summed E-state index contributed by atoms with van der Waals surface area (Å²) in [5, 5.41) is 0. The van der Waals surface area contributed by atoms with Crippen molar-refractivity contribution in [1.82, 2.24) is 4.90 Å². The molecule has 90 valence electrons. The molecule has 0 aromatic heterocycles. The van der Waals surface area contributed by atoms with Crippen LogP contribution in [0.2, 0.25) is 0 Å². The molecule has 1 aliphatic heterocycles. The van der Waals surface area contributed by atoms with Crippen LogP contribution in [-0.2, 0) is 19.1 Å². The number of amides is 1. The van der Waals surface area contributed by atoms with Gasteiger partial charge in [-0.2, -0.15) is 0 Å². The van der Waals surface area contributed by atoms with Gasteiger partial charge in [0.15, 0.2) is 0 Å². The molecule has 1 rings (SSSR count). The van der Waals surface area contributed by atoms with Gasteiger partial charge in [0.2, 0.25) is 5.78 Å². The maximum absolute atomic E-state index is 11.6. The molecule has 1 amide bonds. The summed E-state index contributed by atoms with van der Waals surface area (Å²) in [6, 6.07) is 0. The van der Waals surface area contributed by atoms with Crippen LogP contribution in [-0.4, -0.2) is 48.7 Å². The number of ketones is 2. The number of carbonyl (C=O) groups is 3. The Morgan fingerprint density at radius 2 is 1.81 bits per heavy atom. The molecule has 1 fully saturated rings. The second-order valence-corrected chi connectivity index (χ2v) is 4.03. The van der Waals surface area contributed by atoms with Crippen molar-refractivity contribution < 1.29 is 19.1 Å². The predicted octanol–water partition coefficient (Wildman–Crippen LogP) is 0.172. The van der Waals surface area contributed by atoms with Gasteiger partial charge in [0.1, 0.15) is 5.78 Å². The predicted molar refractivity (Wildman–Crippen MR) is 56.9 cm³/mol. The smallest absolute Gasteiger partial charge is 0.290 e. The molecule has 0 atom stereocenters. The highest BCUT2D eigenvalue weighted by Gasteiger charge is 2.27. The Balaban J connectivity index is 2.44. The summed E-state index contributed by atoms with van der Waals surface area (Å²) in [4.78, 5) is 35.2. The van der Waals surface area contributed by atoms with Crippen LogP contribution in [0.1, 0.15) is 26.2 Å². The summed E-state index contributed by atoms with van der Waals surface area (Å²) >= 11 is 0. The van der Waals surface area contributed by atoms with Crippen molar-refractivity contribution >= 4 is 17.5 Å². The SMILES string of the molecule is COC1CCN(C(=O)C(=O)CC(C)=O)CC1. The van der Waals surface area contributed by atoms with E-state index in [-0.39, 0.29) is 18.3 Å². The number of rotatable bonds is 4. The molecule has 0 unspecified atom stereocenters. The number of nitrogens with zero attached hydrogens (tertiary/aromatic N) is 1. The summed E-state index contributed by atoms with van der Waals surface area (Å²) in [6.45, 7) is 2.37. The highest BCUT2D eigenvalue weighted by molar-refractivity contribution is 6.39. The van der Waals surface area contributed by atoms with Crippen LogP contribution < -0.4 is 0 Å². The van der Waals surface area contributed by atoms with E-state index in [1.54, 1.807) is 7.11 Å². The molecule has 0 aromatic rings. The van der Waals surface area contributed by atoms with Crippen molar-refractivity contribution in [2.75, 3.05) is 20.2 Å². The van der Waals surface area contributed by atoms with Crippen molar-refractivity contribution in [2.45, 2.75) is 32.3 Å². The van der Waals surface area contributed by atoms with E-state index in [0.717, 1.165) is 12.8 Å². The van der Waals surface area contributed by atoms with Crippen molar-refractivity contribution in [3.05, 3.63) is 0 Å². The molecule has 0 aliphatic carbocycles. The third-order valence-electron chi connectivity index (χ3n) is 2.71. The fourth-order valence-electron chi connectivity index (χ4n) is 1.77. The van der Waals surface area contributed by atoms with Gasteiger partial charge in [-0.3, -0.25) is 14.4 Å². The number of piperidine rings is 1. The van der Waals surface area contributed by atoms with E-state index in [9.17, 15) is 14.4 Å². The minimum atomic E-state index is -0.608. The van der Waals surface area contributed by atoms with E-state index in [0.29, 0.717) is 13.1 Å². The highest BCUT2D eigenvalue weighted by atomic mass is 16.5. The fourth-order valence-corrected chi connectivity index (χ4v) is 1.77. The molecule has 5 heteroatoms. The number of likely N-dealkylation sites (tertiary alicyclic amines) is 1. The van der Waals surface area contributed by atoms with Gasteiger partial charge in [-0.15, -0.1) is 0 Å². The standard InChI is InChI=1S/C11H17NO4/c1-8(13)7-10(14)11(15)12-5-3-9(16-2)4-6-12/h9H,3-7H2,1-2H3. The molecule has 1 heterocycles. The lowest BCUT2D eigenvalue weighted by atomic mass is 10.1. The number of Topliss-reactive ketones (excluding diaryl/α,β-unsaturated/α-hetero) is 2. The number of carbonyl (C=O) groups excluding carboxylic acids is 3. The van der Waals surface area contributed by atoms with Crippen LogP contribution in [0.25, 0.3) is 0 Å². The highest BCUT2D eigenvalue weighted by Crippen LogP contribution is 2.13.